The molecular weight excluding hydrogens is 321 g/mol. The van der Waals surface area contributed by atoms with Crippen LogP contribution in [0.4, 0.5) is 4.39 Å². The van der Waals surface area contributed by atoms with Crippen LogP contribution >= 0.6 is 11.8 Å². The Bertz CT molecular complexity index is 917. The highest BCUT2D eigenvalue weighted by molar-refractivity contribution is 7.98. The van der Waals surface area contributed by atoms with E-state index in [-0.39, 0.29) is 12.2 Å². The van der Waals surface area contributed by atoms with Gasteiger partial charge in [-0.15, -0.1) is 10.2 Å². The number of aromatic nitrogens is 5. The molecule has 0 radical (unpaired) electrons. The molecule has 0 atom stereocenters. The Hall–Kier alpha value is -2.68. The first kappa shape index (κ1) is 15.2. The monoisotopic (exact) mass is 333 g/mol. The lowest BCUT2D eigenvalue weighted by molar-refractivity contribution is 0.627. The molecule has 2 heterocycles. The summed E-state index contributed by atoms with van der Waals surface area (Å²) in [7, 11) is 0. The van der Waals surface area contributed by atoms with Crippen LogP contribution in [-0.4, -0.2) is 31.0 Å². The third-order valence-electron chi connectivity index (χ3n) is 3.13. The third kappa shape index (κ3) is 3.24. The van der Waals surface area contributed by atoms with Crippen molar-refractivity contribution in [2.45, 2.75) is 11.6 Å². The van der Waals surface area contributed by atoms with Crippen molar-refractivity contribution in [2.24, 2.45) is 0 Å². The zero-order valence-electron chi connectivity index (χ0n) is 12.0. The minimum absolute atomic E-state index is 0.212. The molecule has 2 aromatic heterocycles. The first-order valence-electron chi connectivity index (χ1n) is 6.63. The van der Waals surface area contributed by atoms with Crippen molar-refractivity contribution in [2.75, 3.05) is 6.26 Å². The summed E-state index contributed by atoms with van der Waals surface area (Å²) in [6, 6.07) is 7.21. The number of halogens is 1. The van der Waals surface area contributed by atoms with Gasteiger partial charge >= 0.3 is 5.69 Å². The van der Waals surface area contributed by atoms with Crippen molar-refractivity contribution < 1.29 is 4.39 Å². The summed E-state index contributed by atoms with van der Waals surface area (Å²) >= 11 is 1.39. The summed E-state index contributed by atoms with van der Waals surface area (Å²) in [5, 5.41) is 8.81. The lowest BCUT2D eigenvalue weighted by Crippen LogP contribution is -2.23. The highest BCUT2D eigenvalue weighted by atomic mass is 32.2. The molecule has 0 bridgehead atoms. The van der Waals surface area contributed by atoms with Crippen LogP contribution in [0, 0.1) is 5.82 Å². The van der Waals surface area contributed by atoms with E-state index in [1.54, 1.807) is 16.7 Å². The molecule has 0 saturated carbocycles. The van der Waals surface area contributed by atoms with Gasteiger partial charge in [-0.25, -0.2) is 9.18 Å². The molecule has 9 heteroatoms. The average molecular weight is 333 g/mol. The van der Waals surface area contributed by atoms with Crippen LogP contribution in [0.5, 0.6) is 0 Å². The predicted molar refractivity (Wildman–Crippen MR) is 83.6 cm³/mol. The summed E-state index contributed by atoms with van der Waals surface area (Å²) in [5.41, 5.74) is 0.0530. The topological polar surface area (TPSA) is 96.4 Å². The zero-order valence-corrected chi connectivity index (χ0v) is 12.9. The summed E-state index contributed by atoms with van der Waals surface area (Å²) in [6.07, 6.45) is 2.06. The summed E-state index contributed by atoms with van der Waals surface area (Å²) in [5.74, 6) is 0.190. The van der Waals surface area contributed by atoms with Crippen molar-refractivity contribution in [3.63, 3.8) is 0 Å². The standard InChI is InChI=1S/C14H12FN5O2S/c1-23-14-19-18-11(6-9-7-12(21)17-13(22)16-9)20(14)10-4-2-8(15)3-5-10/h2-5,7H,6H2,1H3,(H2,16,17,21,22). The normalized spacial score (nSPS) is 10.9. The Morgan fingerprint density at radius 1 is 1.17 bits per heavy atom. The third-order valence-corrected chi connectivity index (χ3v) is 3.76. The molecule has 0 saturated heterocycles. The van der Waals surface area contributed by atoms with Gasteiger partial charge in [0.05, 0.1) is 0 Å². The minimum Gasteiger partial charge on any atom is -0.311 e. The van der Waals surface area contributed by atoms with Gasteiger partial charge in [0.2, 0.25) is 0 Å². The van der Waals surface area contributed by atoms with E-state index in [1.807, 2.05) is 6.26 Å². The largest absolute Gasteiger partial charge is 0.325 e. The zero-order chi connectivity index (χ0) is 16.4. The SMILES string of the molecule is CSc1nnc(Cc2cc(=O)[nH]c(=O)[nH]2)n1-c1ccc(F)cc1. The van der Waals surface area contributed by atoms with E-state index in [1.165, 1.54) is 30.0 Å². The second-order valence-corrected chi connectivity index (χ2v) is 5.48. The van der Waals surface area contributed by atoms with Crippen LogP contribution in [0.1, 0.15) is 11.5 Å². The van der Waals surface area contributed by atoms with E-state index >= 15 is 0 Å². The molecule has 0 spiro atoms. The number of nitrogens with one attached hydrogen (secondary N) is 2. The molecule has 0 aliphatic carbocycles. The van der Waals surface area contributed by atoms with Gasteiger partial charge in [-0.1, -0.05) is 11.8 Å². The highest BCUT2D eigenvalue weighted by Gasteiger charge is 2.14. The van der Waals surface area contributed by atoms with E-state index in [0.29, 0.717) is 22.4 Å². The lowest BCUT2D eigenvalue weighted by Gasteiger charge is -2.09. The Kier molecular flexibility index (Phi) is 4.11. The van der Waals surface area contributed by atoms with Crippen molar-refractivity contribution in [3.05, 3.63) is 68.5 Å². The van der Waals surface area contributed by atoms with Crippen molar-refractivity contribution in [1.82, 2.24) is 24.7 Å². The maximum atomic E-state index is 13.1. The fraction of sp³-hybridized carbons (Fsp3) is 0.143. The number of hydrogen-bond donors (Lipinski definition) is 2. The fourth-order valence-electron chi connectivity index (χ4n) is 2.18. The molecule has 3 rings (SSSR count). The van der Waals surface area contributed by atoms with Crippen molar-refractivity contribution >= 4 is 11.8 Å². The van der Waals surface area contributed by atoms with Gasteiger partial charge in [-0.3, -0.25) is 14.3 Å². The number of hydrogen-bond acceptors (Lipinski definition) is 5. The minimum atomic E-state index is -0.578. The van der Waals surface area contributed by atoms with E-state index in [2.05, 4.69) is 20.2 Å². The molecule has 0 amide bonds. The lowest BCUT2D eigenvalue weighted by atomic mass is 10.2. The van der Waals surface area contributed by atoms with E-state index < -0.39 is 11.2 Å². The van der Waals surface area contributed by atoms with Gasteiger partial charge in [0.15, 0.2) is 5.16 Å². The maximum absolute atomic E-state index is 13.1. The summed E-state index contributed by atoms with van der Waals surface area (Å²) in [4.78, 5) is 27.4. The molecule has 7 nitrogen and oxygen atoms in total. The van der Waals surface area contributed by atoms with Gasteiger partial charge in [-0.05, 0) is 30.5 Å². The molecule has 0 unspecified atom stereocenters. The number of nitrogens with zero attached hydrogens (tertiary/aromatic N) is 3. The first-order chi connectivity index (χ1) is 11.1. The molecule has 0 fully saturated rings. The predicted octanol–water partition coefficient (Wildman–Crippen LogP) is 1.10. The molecule has 0 aliphatic rings. The summed E-state index contributed by atoms with van der Waals surface area (Å²) < 4.78 is 14.9. The molecule has 118 valence electrons. The number of thioether (sulfide) groups is 1. The van der Waals surface area contributed by atoms with Crippen molar-refractivity contribution in [3.8, 4) is 5.69 Å². The highest BCUT2D eigenvalue weighted by Crippen LogP contribution is 2.21. The fourth-order valence-corrected chi connectivity index (χ4v) is 2.70. The Morgan fingerprint density at radius 2 is 1.91 bits per heavy atom. The summed E-state index contributed by atoms with van der Waals surface area (Å²) in [6.45, 7) is 0. The van der Waals surface area contributed by atoms with E-state index in [0.717, 1.165) is 0 Å². The number of H-pyrrole nitrogens is 2. The van der Waals surface area contributed by atoms with Crippen LogP contribution < -0.4 is 11.2 Å². The Morgan fingerprint density at radius 3 is 2.57 bits per heavy atom. The van der Waals surface area contributed by atoms with Crippen LogP contribution in [0.3, 0.4) is 0 Å². The van der Waals surface area contributed by atoms with Gasteiger partial charge in [0, 0.05) is 23.9 Å². The Labute approximate surface area is 133 Å². The van der Waals surface area contributed by atoms with Gasteiger partial charge < -0.3 is 4.98 Å². The first-order valence-corrected chi connectivity index (χ1v) is 7.86. The van der Waals surface area contributed by atoms with Crippen LogP contribution in [0.15, 0.2) is 45.1 Å². The van der Waals surface area contributed by atoms with Crippen LogP contribution in [0.25, 0.3) is 5.69 Å². The molecular formula is C14H12FN5O2S. The second-order valence-electron chi connectivity index (χ2n) is 4.70. The van der Waals surface area contributed by atoms with Crippen molar-refractivity contribution in [1.29, 1.82) is 0 Å². The average Bonchev–Trinajstić information content (AvgIpc) is 2.90. The Balaban J connectivity index is 2.06. The second kappa shape index (κ2) is 6.21. The van der Waals surface area contributed by atoms with Crippen LogP contribution in [0.2, 0.25) is 0 Å². The quantitative estimate of drug-likeness (QED) is 0.697. The molecule has 1 aromatic carbocycles. The van der Waals surface area contributed by atoms with Crippen LogP contribution in [-0.2, 0) is 6.42 Å². The number of aromatic amines is 2. The molecule has 23 heavy (non-hydrogen) atoms. The molecule has 0 aliphatic heterocycles. The number of benzene rings is 1. The van der Waals surface area contributed by atoms with Gasteiger partial charge in [0.25, 0.3) is 5.56 Å². The van der Waals surface area contributed by atoms with Gasteiger partial charge in [-0.2, -0.15) is 0 Å². The number of rotatable bonds is 4. The smallest absolute Gasteiger partial charge is 0.311 e. The maximum Gasteiger partial charge on any atom is 0.325 e. The van der Waals surface area contributed by atoms with E-state index in [4.69, 9.17) is 0 Å². The van der Waals surface area contributed by atoms with E-state index in [9.17, 15) is 14.0 Å². The van der Waals surface area contributed by atoms with Gasteiger partial charge in [0.1, 0.15) is 11.6 Å². The molecule has 3 aromatic rings. The molecule has 2 N–H and O–H groups in total.